The van der Waals surface area contributed by atoms with E-state index in [0.717, 1.165) is 17.1 Å². The molecule has 2 atom stereocenters. The van der Waals surface area contributed by atoms with Crippen LogP contribution in [-0.2, 0) is 19.4 Å². The Kier molecular flexibility index (Phi) is 5.84. The lowest BCUT2D eigenvalue weighted by Crippen LogP contribution is -2.44. The van der Waals surface area contributed by atoms with E-state index < -0.39 is 27.8 Å². The van der Waals surface area contributed by atoms with Crippen LogP contribution in [0, 0.1) is 13.8 Å². The first kappa shape index (κ1) is 21.1. The molecular formula is C21H26N2O5S. The minimum Gasteiger partial charge on any atom is -0.449 e. The van der Waals surface area contributed by atoms with Gasteiger partial charge in [-0.25, -0.2) is 13.2 Å². The number of nitrogens with zero attached hydrogens (tertiary/aromatic N) is 2. The van der Waals surface area contributed by atoms with Gasteiger partial charge >= 0.3 is 5.97 Å². The molecule has 1 aliphatic rings. The number of carbonyl (C=O) groups excluding carboxylic acids is 2. The lowest BCUT2D eigenvalue weighted by atomic mass is 10.2. The highest BCUT2D eigenvalue weighted by atomic mass is 32.2. The van der Waals surface area contributed by atoms with Crippen molar-refractivity contribution in [2.75, 3.05) is 18.6 Å². The van der Waals surface area contributed by atoms with E-state index >= 15 is 0 Å². The second-order valence-corrected chi connectivity index (χ2v) is 9.78. The third kappa shape index (κ3) is 4.53. The Morgan fingerprint density at radius 3 is 2.21 bits per heavy atom. The minimum atomic E-state index is -3.10. The molecule has 0 saturated carbocycles. The summed E-state index contributed by atoms with van der Waals surface area (Å²) in [5, 5.41) is 0. The molecule has 3 rings (SSSR count). The maximum Gasteiger partial charge on any atom is 0.338 e. The molecule has 2 heterocycles. The minimum absolute atomic E-state index is 0.0460. The standard InChI is InChI=1S/C21H26N2O5S/c1-14-5-6-15(2)23(14)18-9-7-17(8-10-18)21(25)28-16(3)20(24)22(4)19-11-12-29(26,27)13-19/h5-10,16,19H,11-13H2,1-4H3/t16-,19-/m1/s1. The summed E-state index contributed by atoms with van der Waals surface area (Å²) in [5.74, 6) is -0.965. The zero-order chi connectivity index (χ0) is 21.3. The SMILES string of the molecule is Cc1ccc(C)n1-c1ccc(C(=O)O[C@H](C)C(=O)N(C)[C@@H]2CCS(=O)(=O)C2)cc1. The van der Waals surface area contributed by atoms with Crippen LogP contribution in [-0.4, -0.2) is 60.5 Å². The average molecular weight is 419 g/mol. The van der Waals surface area contributed by atoms with Gasteiger partial charge in [-0.1, -0.05) is 0 Å². The maximum absolute atomic E-state index is 12.5. The number of ether oxygens (including phenoxy) is 1. The van der Waals surface area contributed by atoms with E-state index in [1.165, 1.54) is 11.8 Å². The molecule has 0 unspecified atom stereocenters. The van der Waals surface area contributed by atoms with Crippen molar-refractivity contribution in [3.63, 3.8) is 0 Å². The van der Waals surface area contributed by atoms with Crippen molar-refractivity contribution in [2.45, 2.75) is 39.3 Å². The lowest BCUT2D eigenvalue weighted by Gasteiger charge is -2.26. The van der Waals surface area contributed by atoms with Gasteiger partial charge < -0.3 is 14.2 Å². The van der Waals surface area contributed by atoms with Crippen LogP contribution in [0.4, 0.5) is 0 Å². The Hall–Kier alpha value is -2.61. The summed E-state index contributed by atoms with van der Waals surface area (Å²) < 4.78 is 30.7. The van der Waals surface area contributed by atoms with Gasteiger partial charge in [0, 0.05) is 30.2 Å². The molecule has 7 nitrogen and oxygen atoms in total. The van der Waals surface area contributed by atoms with Crippen LogP contribution in [0.15, 0.2) is 36.4 Å². The molecule has 1 aromatic heterocycles. The second kappa shape index (κ2) is 8.02. The zero-order valence-corrected chi connectivity index (χ0v) is 17.9. The fraction of sp³-hybridized carbons (Fsp3) is 0.429. The Morgan fingerprint density at radius 2 is 1.69 bits per heavy atom. The zero-order valence-electron chi connectivity index (χ0n) is 17.1. The third-order valence-corrected chi connectivity index (χ3v) is 7.12. The van der Waals surface area contributed by atoms with Gasteiger partial charge in [0.05, 0.1) is 17.1 Å². The van der Waals surface area contributed by atoms with Gasteiger partial charge in [0.2, 0.25) is 0 Å². The molecule has 1 aliphatic heterocycles. The van der Waals surface area contributed by atoms with Crippen molar-refractivity contribution in [1.82, 2.24) is 9.47 Å². The first-order valence-electron chi connectivity index (χ1n) is 9.52. The molecule has 8 heteroatoms. The van der Waals surface area contributed by atoms with Crippen molar-refractivity contribution in [3.05, 3.63) is 53.3 Å². The summed E-state index contributed by atoms with van der Waals surface area (Å²) in [6, 6.07) is 10.7. The van der Waals surface area contributed by atoms with Crippen molar-refractivity contribution in [2.24, 2.45) is 0 Å². The molecule has 29 heavy (non-hydrogen) atoms. The normalized spacial score (nSPS) is 19.0. The van der Waals surface area contributed by atoms with Crippen molar-refractivity contribution in [3.8, 4) is 5.69 Å². The van der Waals surface area contributed by atoms with Crippen molar-refractivity contribution >= 4 is 21.7 Å². The number of hydrogen-bond acceptors (Lipinski definition) is 5. The van der Waals surface area contributed by atoms with Gasteiger partial charge in [-0.15, -0.1) is 0 Å². The fourth-order valence-corrected chi connectivity index (χ4v) is 5.42. The van der Waals surface area contributed by atoms with Crippen LogP contribution in [0.5, 0.6) is 0 Å². The molecule has 0 N–H and O–H groups in total. The number of rotatable bonds is 5. The van der Waals surface area contributed by atoms with Gasteiger partial charge in [-0.05, 0) is 63.6 Å². The Labute approximate surface area is 171 Å². The summed E-state index contributed by atoms with van der Waals surface area (Å²) in [6.45, 7) is 5.52. The smallest absolute Gasteiger partial charge is 0.338 e. The molecule has 156 valence electrons. The lowest BCUT2D eigenvalue weighted by molar-refractivity contribution is -0.140. The maximum atomic E-state index is 12.5. The Balaban J connectivity index is 1.64. The number of hydrogen-bond donors (Lipinski definition) is 0. The molecule has 2 aromatic rings. The molecular weight excluding hydrogens is 392 g/mol. The first-order chi connectivity index (χ1) is 13.6. The van der Waals surface area contributed by atoms with Crippen LogP contribution in [0.1, 0.15) is 35.1 Å². The monoisotopic (exact) mass is 418 g/mol. The van der Waals surface area contributed by atoms with Crippen LogP contribution < -0.4 is 0 Å². The number of likely N-dealkylation sites (N-methyl/N-ethyl adjacent to an activating group) is 1. The van der Waals surface area contributed by atoms with Gasteiger partial charge in [0.15, 0.2) is 15.9 Å². The number of amides is 1. The highest BCUT2D eigenvalue weighted by molar-refractivity contribution is 7.91. The number of aryl methyl sites for hydroxylation is 2. The van der Waals surface area contributed by atoms with Crippen molar-refractivity contribution < 1.29 is 22.7 Å². The fourth-order valence-electron chi connectivity index (χ4n) is 3.65. The molecule has 1 aromatic carbocycles. The molecule has 1 saturated heterocycles. The van der Waals surface area contributed by atoms with Crippen LogP contribution >= 0.6 is 0 Å². The number of aromatic nitrogens is 1. The largest absolute Gasteiger partial charge is 0.449 e. The van der Waals surface area contributed by atoms with Gasteiger partial charge in [-0.2, -0.15) is 0 Å². The first-order valence-corrected chi connectivity index (χ1v) is 11.3. The van der Waals surface area contributed by atoms with Crippen LogP contribution in [0.3, 0.4) is 0 Å². The topological polar surface area (TPSA) is 85.7 Å². The van der Waals surface area contributed by atoms with E-state index in [4.69, 9.17) is 4.74 Å². The molecule has 1 fully saturated rings. The average Bonchev–Trinajstić information content (AvgIpc) is 3.21. The molecule has 0 spiro atoms. The Bertz CT molecular complexity index is 1000. The van der Waals surface area contributed by atoms with Gasteiger partial charge in [0.25, 0.3) is 5.91 Å². The van der Waals surface area contributed by atoms with Crippen molar-refractivity contribution in [1.29, 1.82) is 0 Å². The summed E-state index contributed by atoms with van der Waals surface area (Å²) in [6.07, 6.45) is -0.588. The van der Waals surface area contributed by atoms with E-state index in [1.54, 1.807) is 19.2 Å². The molecule has 0 radical (unpaired) electrons. The predicted molar refractivity (Wildman–Crippen MR) is 110 cm³/mol. The summed E-state index contributed by atoms with van der Waals surface area (Å²) in [4.78, 5) is 26.4. The van der Waals surface area contributed by atoms with Crippen LogP contribution in [0.2, 0.25) is 0 Å². The quantitative estimate of drug-likeness (QED) is 0.696. The van der Waals surface area contributed by atoms with Gasteiger partial charge in [-0.3, -0.25) is 4.79 Å². The molecule has 1 amide bonds. The highest BCUT2D eigenvalue weighted by Gasteiger charge is 2.35. The summed E-state index contributed by atoms with van der Waals surface area (Å²) in [7, 11) is -1.55. The van der Waals surface area contributed by atoms with Gasteiger partial charge in [0.1, 0.15) is 0 Å². The number of sulfone groups is 1. The Morgan fingerprint density at radius 1 is 1.10 bits per heavy atom. The predicted octanol–water partition coefficient (Wildman–Crippen LogP) is 2.28. The summed E-state index contributed by atoms with van der Waals surface area (Å²) in [5.41, 5.74) is 3.47. The van der Waals surface area contributed by atoms with E-state index in [2.05, 4.69) is 4.57 Å². The number of esters is 1. The van der Waals surface area contributed by atoms with E-state index in [0.29, 0.717) is 12.0 Å². The number of benzene rings is 1. The van der Waals surface area contributed by atoms with Crippen LogP contribution in [0.25, 0.3) is 5.69 Å². The molecule has 0 bridgehead atoms. The highest BCUT2D eigenvalue weighted by Crippen LogP contribution is 2.19. The number of carbonyl (C=O) groups is 2. The van der Waals surface area contributed by atoms with E-state index in [1.807, 2.05) is 38.1 Å². The summed E-state index contributed by atoms with van der Waals surface area (Å²) >= 11 is 0. The third-order valence-electron chi connectivity index (χ3n) is 5.37. The second-order valence-electron chi connectivity index (χ2n) is 7.55. The molecule has 0 aliphatic carbocycles. The van der Waals surface area contributed by atoms with E-state index in [9.17, 15) is 18.0 Å². The van der Waals surface area contributed by atoms with E-state index in [-0.39, 0.29) is 17.5 Å².